The van der Waals surface area contributed by atoms with E-state index in [0.29, 0.717) is 0 Å². The second kappa shape index (κ2) is 17.3. The van der Waals surface area contributed by atoms with Crippen LogP contribution in [0.25, 0.3) is 10.8 Å². The molecule has 1 N–H and O–H groups in total. The fourth-order valence-corrected chi connectivity index (χ4v) is 4.65. The summed E-state index contributed by atoms with van der Waals surface area (Å²) in [7, 11) is 0. The van der Waals surface area contributed by atoms with Crippen molar-refractivity contribution >= 4 is 30.2 Å². The molecule has 4 rings (SSSR count). The number of allylic oxidation sites excluding steroid dienone is 1. The number of nitrogens with zero attached hydrogens (tertiary/aromatic N) is 1. The number of carboxylic acid groups (broad SMARTS) is 1. The highest BCUT2D eigenvalue weighted by molar-refractivity contribution is 7.59. The molecule has 0 bridgehead atoms. The lowest BCUT2D eigenvalue weighted by Gasteiger charge is -2.16. The van der Waals surface area contributed by atoms with Crippen LogP contribution in [0.5, 0.6) is 0 Å². The first kappa shape index (κ1) is 30.8. The second-order valence-electron chi connectivity index (χ2n) is 8.69. The molecule has 182 valence electrons. The Labute approximate surface area is 208 Å². The molecule has 2 aliphatic rings. The van der Waals surface area contributed by atoms with Gasteiger partial charge in [0.05, 0.1) is 0 Å². The quantitative estimate of drug-likeness (QED) is 0.354. The monoisotopic (exact) mass is 469 g/mol. The lowest BCUT2D eigenvalue weighted by atomic mass is 9.89. The van der Waals surface area contributed by atoms with Crippen LogP contribution < -0.4 is 0 Å². The van der Waals surface area contributed by atoms with Crippen molar-refractivity contribution in [2.45, 2.75) is 79.6 Å². The fraction of sp³-hybridized carbons (Fsp3) is 0.517. The molecule has 3 nitrogen and oxygen atoms in total. The molecule has 0 radical (unpaired) electrons. The molecule has 2 aliphatic carbocycles. The third kappa shape index (κ3) is 10.9. The number of rotatable bonds is 2. The van der Waals surface area contributed by atoms with E-state index in [1.165, 1.54) is 54.7 Å². The summed E-state index contributed by atoms with van der Waals surface area (Å²) in [4.78, 5) is 9.87. The highest BCUT2D eigenvalue weighted by Gasteiger charge is 2.30. The minimum atomic E-state index is -1.17. The van der Waals surface area contributed by atoms with Gasteiger partial charge >= 0.3 is 5.97 Å². The third-order valence-electron chi connectivity index (χ3n) is 6.35. The maximum Gasteiger partial charge on any atom is 0.346 e. The molecule has 0 saturated heterocycles. The predicted octanol–water partition coefficient (Wildman–Crippen LogP) is 8.44. The molecule has 0 aromatic heterocycles. The number of aryl methyl sites for hydroxylation is 1. The van der Waals surface area contributed by atoms with Gasteiger partial charge in [-0.25, -0.2) is 4.79 Å². The van der Waals surface area contributed by atoms with Crippen LogP contribution >= 0.6 is 13.5 Å². The first-order chi connectivity index (χ1) is 15.4. The summed E-state index contributed by atoms with van der Waals surface area (Å²) >= 11 is 0. The molecular weight excluding hydrogens is 426 g/mol. The molecule has 2 atom stereocenters. The minimum Gasteiger partial charge on any atom is -0.477 e. The van der Waals surface area contributed by atoms with E-state index in [1.807, 2.05) is 13.8 Å². The summed E-state index contributed by atoms with van der Waals surface area (Å²) in [5.74, 6) is 2.14. The summed E-state index contributed by atoms with van der Waals surface area (Å²) in [6.07, 6.45) is 12.0. The van der Waals surface area contributed by atoms with Gasteiger partial charge in [-0.05, 0) is 55.2 Å². The van der Waals surface area contributed by atoms with Crippen molar-refractivity contribution < 1.29 is 9.90 Å². The van der Waals surface area contributed by atoms with E-state index in [1.54, 1.807) is 25.7 Å². The summed E-state index contributed by atoms with van der Waals surface area (Å²) in [6, 6.07) is 16.4. The number of fused-ring (bicyclic) bond motifs is 1. The maximum atomic E-state index is 9.87. The van der Waals surface area contributed by atoms with Gasteiger partial charge in [-0.2, -0.15) is 18.8 Å². The first-order valence-corrected chi connectivity index (χ1v) is 12.2. The zero-order chi connectivity index (χ0) is 23.9. The molecule has 0 amide bonds. The van der Waals surface area contributed by atoms with E-state index >= 15 is 0 Å². The maximum absolute atomic E-state index is 9.87. The Bertz CT molecular complexity index is 894. The lowest BCUT2D eigenvalue weighted by Crippen LogP contribution is -2.07. The number of benzene rings is 2. The highest BCUT2D eigenvalue weighted by atomic mass is 32.1. The molecule has 0 spiro atoms. The van der Waals surface area contributed by atoms with Gasteiger partial charge in [0.1, 0.15) is 11.6 Å². The number of carbonyl (C=O) groups is 1. The Morgan fingerprint density at radius 2 is 1.61 bits per heavy atom. The summed E-state index contributed by atoms with van der Waals surface area (Å²) in [5.41, 5.74) is 1.11. The van der Waals surface area contributed by atoms with Gasteiger partial charge in [-0.3, -0.25) is 0 Å². The van der Waals surface area contributed by atoms with Gasteiger partial charge in [0.25, 0.3) is 0 Å². The topological polar surface area (TPSA) is 61.1 Å². The molecule has 4 heteroatoms. The van der Waals surface area contributed by atoms with Crippen LogP contribution in [0.15, 0.2) is 54.1 Å². The van der Waals surface area contributed by atoms with E-state index in [9.17, 15) is 4.79 Å². The fourth-order valence-electron chi connectivity index (χ4n) is 4.65. The average Bonchev–Trinajstić information content (AvgIpc) is 3.48. The highest BCUT2D eigenvalue weighted by Crippen LogP contribution is 2.42. The largest absolute Gasteiger partial charge is 0.477 e. The van der Waals surface area contributed by atoms with E-state index in [-0.39, 0.29) is 19.1 Å². The van der Waals surface area contributed by atoms with Crippen LogP contribution in [0, 0.1) is 36.0 Å². The van der Waals surface area contributed by atoms with Crippen LogP contribution in [0.3, 0.4) is 0 Å². The lowest BCUT2D eigenvalue weighted by molar-refractivity contribution is -0.132. The van der Waals surface area contributed by atoms with Crippen LogP contribution in [0.4, 0.5) is 0 Å². The molecule has 2 fully saturated rings. The van der Waals surface area contributed by atoms with Crippen LogP contribution in [-0.2, 0) is 4.79 Å². The van der Waals surface area contributed by atoms with Crippen molar-refractivity contribution in [1.29, 1.82) is 5.26 Å². The zero-order valence-corrected chi connectivity index (χ0v) is 22.1. The van der Waals surface area contributed by atoms with Gasteiger partial charge < -0.3 is 5.11 Å². The van der Waals surface area contributed by atoms with Crippen molar-refractivity contribution in [2.24, 2.45) is 17.8 Å². The number of hydrogen-bond donors (Lipinski definition) is 1. The average molecular weight is 470 g/mol. The zero-order valence-electron chi connectivity index (χ0n) is 21.1. The van der Waals surface area contributed by atoms with E-state index in [4.69, 9.17) is 10.4 Å². The van der Waals surface area contributed by atoms with E-state index < -0.39 is 5.97 Å². The van der Waals surface area contributed by atoms with Crippen molar-refractivity contribution in [2.75, 3.05) is 0 Å². The SMILES string of the molecule is C/C=C(\C#N)C(=O)O.CC.CC1CCC(C2CCCC2)C1.Cc1ccc2ccccc2c1.S. The molecule has 2 aromatic rings. The Morgan fingerprint density at radius 3 is 2.06 bits per heavy atom. The third-order valence-corrected chi connectivity index (χ3v) is 6.35. The molecule has 0 aliphatic heterocycles. The van der Waals surface area contributed by atoms with Gasteiger partial charge in [-0.15, -0.1) is 0 Å². The standard InChI is InChI=1S/C11H10.C11H20.C5H5NO2.C2H6.H2S/c1-9-6-7-10-4-2-3-5-11(10)8-9;1-9-6-7-11(8-9)10-4-2-3-5-10;1-2-4(3-6)5(7)8;1-2;/h2-8H,1H3;9-11H,2-8H2,1H3;2H,1H3,(H,7,8);1-2H3;1H2/b;;4-2+;;. The van der Waals surface area contributed by atoms with E-state index in [0.717, 1.165) is 17.8 Å². The van der Waals surface area contributed by atoms with Crippen LogP contribution in [-0.4, -0.2) is 11.1 Å². The Morgan fingerprint density at radius 1 is 1.00 bits per heavy atom. The predicted molar refractivity (Wildman–Crippen MR) is 146 cm³/mol. The molecule has 33 heavy (non-hydrogen) atoms. The van der Waals surface area contributed by atoms with Gasteiger partial charge in [-0.1, -0.05) is 107 Å². The van der Waals surface area contributed by atoms with Crippen molar-refractivity contribution in [3.63, 3.8) is 0 Å². The number of aliphatic carboxylic acids is 1. The summed E-state index contributed by atoms with van der Waals surface area (Å²) in [6.45, 7) is 10.0. The first-order valence-electron chi connectivity index (χ1n) is 12.2. The molecule has 2 unspecified atom stereocenters. The Hall–Kier alpha value is -2.25. The number of nitriles is 1. The Balaban J connectivity index is 0.000000449. The molecular formula is C29H43NO2S. The van der Waals surface area contributed by atoms with Crippen molar-refractivity contribution in [3.05, 3.63) is 59.7 Å². The normalized spacial score (nSPS) is 19.5. The minimum absolute atomic E-state index is 0. The van der Waals surface area contributed by atoms with Crippen molar-refractivity contribution in [1.82, 2.24) is 0 Å². The summed E-state index contributed by atoms with van der Waals surface area (Å²) < 4.78 is 0. The van der Waals surface area contributed by atoms with Crippen LogP contribution in [0.1, 0.15) is 78.2 Å². The smallest absolute Gasteiger partial charge is 0.346 e. The van der Waals surface area contributed by atoms with Gasteiger partial charge in [0.15, 0.2) is 0 Å². The Kier molecular flexibility index (Phi) is 16.1. The number of hydrogen-bond acceptors (Lipinski definition) is 2. The van der Waals surface area contributed by atoms with Crippen molar-refractivity contribution in [3.8, 4) is 6.07 Å². The number of carboxylic acids is 1. The molecule has 0 heterocycles. The van der Waals surface area contributed by atoms with Gasteiger partial charge in [0, 0.05) is 0 Å². The molecule has 2 saturated carbocycles. The van der Waals surface area contributed by atoms with Crippen LogP contribution in [0.2, 0.25) is 0 Å². The second-order valence-corrected chi connectivity index (χ2v) is 8.69. The van der Waals surface area contributed by atoms with E-state index in [2.05, 4.69) is 56.3 Å². The summed E-state index contributed by atoms with van der Waals surface area (Å²) in [5, 5.41) is 18.7. The van der Waals surface area contributed by atoms with Gasteiger partial charge in [0.2, 0.25) is 0 Å². The molecule has 2 aromatic carbocycles.